The van der Waals surface area contributed by atoms with Gasteiger partial charge in [0, 0.05) is 38.6 Å². The lowest BCUT2D eigenvalue weighted by molar-refractivity contribution is 0.120. The predicted octanol–water partition coefficient (Wildman–Crippen LogP) is 5.31. The van der Waals surface area contributed by atoms with Crippen LogP contribution in [0.25, 0.3) is 11.1 Å². The van der Waals surface area contributed by atoms with Gasteiger partial charge in [0.05, 0.1) is 0 Å². The minimum Gasteiger partial charge on any atom is -0.314 e. The SMILES string of the molecule is CC1(C(CN2CCNCC2)c2ccccc2-c2ccccc2)CCCCC1. The molecule has 1 unspecified atom stereocenters. The zero-order chi connectivity index (χ0) is 18.5. The highest BCUT2D eigenvalue weighted by molar-refractivity contribution is 5.68. The molecule has 1 saturated heterocycles. The molecule has 1 aliphatic heterocycles. The standard InChI is InChI=1S/C25H34N2/c1-25(14-8-3-9-15-25)24(20-27-18-16-26-17-19-27)23-13-7-6-12-22(23)21-10-4-2-5-11-21/h2,4-7,10-13,24,26H,3,8-9,14-20H2,1H3. The Bertz CT molecular complexity index is 712. The average molecular weight is 363 g/mol. The van der Waals surface area contributed by atoms with Crippen molar-refractivity contribution in [2.45, 2.75) is 44.9 Å². The van der Waals surface area contributed by atoms with Gasteiger partial charge in [0.1, 0.15) is 0 Å². The molecule has 2 nitrogen and oxygen atoms in total. The Kier molecular flexibility index (Phi) is 5.95. The molecule has 2 aromatic rings. The maximum absolute atomic E-state index is 3.51. The van der Waals surface area contributed by atoms with Crippen LogP contribution in [0.5, 0.6) is 0 Å². The Hall–Kier alpha value is -1.64. The van der Waals surface area contributed by atoms with Gasteiger partial charge in [-0.3, -0.25) is 0 Å². The number of piperazine rings is 1. The van der Waals surface area contributed by atoms with E-state index in [-0.39, 0.29) is 0 Å². The van der Waals surface area contributed by atoms with Crippen LogP contribution in [0.4, 0.5) is 0 Å². The first-order chi connectivity index (χ1) is 13.3. The maximum Gasteiger partial charge on any atom is 0.0108 e. The Morgan fingerprint density at radius 3 is 2.30 bits per heavy atom. The fourth-order valence-corrected chi connectivity index (χ4v) is 5.24. The van der Waals surface area contributed by atoms with Gasteiger partial charge in [0.2, 0.25) is 0 Å². The number of benzene rings is 2. The minimum absolute atomic E-state index is 0.411. The normalized spacial score (nSPS) is 21.7. The number of nitrogens with zero attached hydrogens (tertiary/aromatic N) is 1. The van der Waals surface area contributed by atoms with Crippen LogP contribution in [0.15, 0.2) is 54.6 Å². The molecular weight excluding hydrogens is 328 g/mol. The molecule has 144 valence electrons. The third-order valence-corrected chi connectivity index (χ3v) is 6.91. The van der Waals surface area contributed by atoms with Gasteiger partial charge < -0.3 is 10.2 Å². The van der Waals surface area contributed by atoms with Crippen molar-refractivity contribution in [3.63, 3.8) is 0 Å². The average Bonchev–Trinajstić information content (AvgIpc) is 2.74. The number of hydrogen-bond acceptors (Lipinski definition) is 2. The highest BCUT2D eigenvalue weighted by atomic mass is 15.2. The molecule has 0 radical (unpaired) electrons. The van der Waals surface area contributed by atoms with Crippen molar-refractivity contribution in [2.24, 2.45) is 5.41 Å². The summed E-state index contributed by atoms with van der Waals surface area (Å²) in [7, 11) is 0. The molecule has 1 N–H and O–H groups in total. The molecule has 2 aliphatic rings. The quantitative estimate of drug-likeness (QED) is 0.775. The Morgan fingerprint density at radius 2 is 1.56 bits per heavy atom. The molecule has 2 heteroatoms. The molecule has 1 aliphatic carbocycles. The predicted molar refractivity (Wildman–Crippen MR) is 115 cm³/mol. The third-order valence-electron chi connectivity index (χ3n) is 6.91. The summed E-state index contributed by atoms with van der Waals surface area (Å²) in [6, 6.07) is 20.2. The van der Waals surface area contributed by atoms with Gasteiger partial charge in [-0.1, -0.05) is 80.8 Å². The smallest absolute Gasteiger partial charge is 0.0108 e. The van der Waals surface area contributed by atoms with Gasteiger partial charge in [-0.15, -0.1) is 0 Å². The molecule has 0 aromatic heterocycles. The van der Waals surface area contributed by atoms with Gasteiger partial charge in [0.15, 0.2) is 0 Å². The van der Waals surface area contributed by atoms with Crippen LogP contribution >= 0.6 is 0 Å². The lowest BCUT2D eigenvalue weighted by atomic mass is 9.64. The highest BCUT2D eigenvalue weighted by Crippen LogP contribution is 2.49. The van der Waals surface area contributed by atoms with E-state index in [1.807, 2.05) is 0 Å². The second-order valence-corrected chi connectivity index (χ2v) is 8.77. The number of hydrogen-bond donors (Lipinski definition) is 1. The molecule has 4 rings (SSSR count). The lowest BCUT2D eigenvalue weighted by Gasteiger charge is -2.44. The summed E-state index contributed by atoms with van der Waals surface area (Å²) in [5.41, 5.74) is 4.77. The van der Waals surface area contributed by atoms with Crippen molar-refractivity contribution in [3.8, 4) is 11.1 Å². The maximum atomic E-state index is 3.51. The Labute approximate surface area is 165 Å². The molecule has 1 saturated carbocycles. The largest absolute Gasteiger partial charge is 0.314 e. The van der Waals surface area contributed by atoms with Crippen LogP contribution in [0.1, 0.15) is 50.5 Å². The molecular formula is C25H34N2. The summed E-state index contributed by atoms with van der Waals surface area (Å²) in [5, 5.41) is 3.51. The number of rotatable bonds is 5. The minimum atomic E-state index is 0.411. The van der Waals surface area contributed by atoms with E-state index in [0.29, 0.717) is 11.3 Å². The lowest BCUT2D eigenvalue weighted by Crippen LogP contribution is -2.47. The van der Waals surface area contributed by atoms with Crippen molar-refractivity contribution >= 4 is 0 Å². The van der Waals surface area contributed by atoms with Crippen LogP contribution in [-0.2, 0) is 0 Å². The first-order valence-corrected chi connectivity index (χ1v) is 10.8. The van der Waals surface area contributed by atoms with E-state index in [2.05, 4.69) is 71.7 Å². The van der Waals surface area contributed by atoms with Crippen LogP contribution < -0.4 is 5.32 Å². The molecule has 1 atom stereocenters. The van der Waals surface area contributed by atoms with Crippen LogP contribution in [0.3, 0.4) is 0 Å². The van der Waals surface area contributed by atoms with Gasteiger partial charge in [-0.25, -0.2) is 0 Å². The first kappa shape index (κ1) is 18.7. The van der Waals surface area contributed by atoms with Gasteiger partial charge in [-0.2, -0.15) is 0 Å². The Morgan fingerprint density at radius 1 is 0.889 bits per heavy atom. The Balaban J connectivity index is 1.72. The molecule has 2 fully saturated rings. The van der Waals surface area contributed by atoms with Crippen molar-refractivity contribution in [2.75, 3.05) is 32.7 Å². The van der Waals surface area contributed by atoms with Gasteiger partial charge in [0.25, 0.3) is 0 Å². The second kappa shape index (κ2) is 8.58. The molecule has 1 heterocycles. The molecule has 2 aromatic carbocycles. The number of nitrogens with one attached hydrogen (secondary N) is 1. The van der Waals surface area contributed by atoms with E-state index in [9.17, 15) is 0 Å². The zero-order valence-electron chi connectivity index (χ0n) is 16.8. The fourth-order valence-electron chi connectivity index (χ4n) is 5.24. The van der Waals surface area contributed by atoms with E-state index in [1.54, 1.807) is 5.56 Å². The summed E-state index contributed by atoms with van der Waals surface area (Å²) in [4.78, 5) is 2.70. The van der Waals surface area contributed by atoms with Crippen molar-refractivity contribution in [1.29, 1.82) is 0 Å². The summed E-state index contributed by atoms with van der Waals surface area (Å²) < 4.78 is 0. The van der Waals surface area contributed by atoms with E-state index >= 15 is 0 Å². The fraction of sp³-hybridized carbons (Fsp3) is 0.520. The summed E-state index contributed by atoms with van der Waals surface area (Å²) >= 11 is 0. The molecule has 0 amide bonds. The van der Waals surface area contributed by atoms with Crippen LogP contribution in [0, 0.1) is 5.41 Å². The van der Waals surface area contributed by atoms with Gasteiger partial charge in [-0.05, 0) is 34.9 Å². The molecule has 0 spiro atoms. The van der Waals surface area contributed by atoms with Crippen LogP contribution in [0.2, 0.25) is 0 Å². The molecule has 27 heavy (non-hydrogen) atoms. The van der Waals surface area contributed by atoms with Crippen molar-refractivity contribution in [3.05, 3.63) is 60.2 Å². The third kappa shape index (κ3) is 4.28. The second-order valence-electron chi connectivity index (χ2n) is 8.77. The zero-order valence-corrected chi connectivity index (χ0v) is 16.8. The topological polar surface area (TPSA) is 15.3 Å². The summed E-state index contributed by atoms with van der Waals surface area (Å²) in [5.74, 6) is 0.604. The monoisotopic (exact) mass is 362 g/mol. The van der Waals surface area contributed by atoms with E-state index < -0.39 is 0 Å². The van der Waals surface area contributed by atoms with E-state index in [1.165, 1.54) is 62.9 Å². The van der Waals surface area contributed by atoms with Crippen LogP contribution in [-0.4, -0.2) is 37.6 Å². The summed E-state index contributed by atoms with van der Waals surface area (Å²) in [6.45, 7) is 8.39. The van der Waals surface area contributed by atoms with Crippen molar-refractivity contribution < 1.29 is 0 Å². The first-order valence-electron chi connectivity index (χ1n) is 10.8. The highest BCUT2D eigenvalue weighted by Gasteiger charge is 2.38. The van der Waals surface area contributed by atoms with Crippen molar-refractivity contribution in [1.82, 2.24) is 10.2 Å². The summed E-state index contributed by atoms with van der Waals surface area (Å²) in [6.07, 6.45) is 6.93. The van der Waals surface area contributed by atoms with E-state index in [0.717, 1.165) is 13.1 Å². The van der Waals surface area contributed by atoms with E-state index in [4.69, 9.17) is 0 Å². The molecule has 0 bridgehead atoms. The van der Waals surface area contributed by atoms with Gasteiger partial charge >= 0.3 is 0 Å².